The van der Waals surface area contributed by atoms with Gasteiger partial charge in [0.25, 0.3) is 0 Å². The van der Waals surface area contributed by atoms with Crippen LogP contribution in [-0.4, -0.2) is 68.1 Å². The van der Waals surface area contributed by atoms with Gasteiger partial charge in [0, 0.05) is 33.9 Å². The van der Waals surface area contributed by atoms with Crippen LogP contribution in [-0.2, 0) is 28.1 Å². The van der Waals surface area contributed by atoms with E-state index in [0.29, 0.717) is 12.5 Å². The summed E-state index contributed by atoms with van der Waals surface area (Å²) in [4.78, 5) is 11.1. The van der Waals surface area contributed by atoms with Crippen LogP contribution in [0.15, 0.2) is 0 Å². The van der Waals surface area contributed by atoms with Gasteiger partial charge in [-0.15, -0.1) is 0 Å². The van der Waals surface area contributed by atoms with Crippen LogP contribution in [0, 0.1) is 0 Å². The predicted octanol–water partition coefficient (Wildman–Crippen LogP) is -3.47. The third kappa shape index (κ3) is 11.5. The number of hydrogen-bond acceptors (Lipinski definition) is 8. The number of carbonyl (C=O) groups excluding carboxylic acids is 1. The van der Waals surface area contributed by atoms with Gasteiger partial charge in [0.15, 0.2) is 0 Å². The molecule has 0 aliphatic heterocycles. The van der Waals surface area contributed by atoms with Gasteiger partial charge in [-0.1, -0.05) is 0 Å². The van der Waals surface area contributed by atoms with Crippen LogP contribution in [0.5, 0.6) is 0 Å². The molecule has 120 valence electrons. The minimum Gasteiger partial charge on any atom is -0.748 e. The number of ether oxygens (including phenoxy) is 1. The summed E-state index contributed by atoms with van der Waals surface area (Å²) < 4.78 is 50.9. The molecule has 9 nitrogen and oxygen atoms in total. The molecule has 0 atom stereocenters. The molecule has 1 amide bonds. The predicted molar refractivity (Wildman–Crippen MR) is 70.1 cm³/mol. The number of rotatable bonds is 10. The van der Waals surface area contributed by atoms with Crippen LogP contribution in [0.25, 0.3) is 0 Å². The maximum Gasteiger partial charge on any atom is 1.00 e. The second-order valence-electron chi connectivity index (χ2n) is 3.72. The molecule has 0 aromatic rings. The molecule has 0 saturated heterocycles. The van der Waals surface area contributed by atoms with Crippen molar-refractivity contribution in [3.8, 4) is 0 Å². The van der Waals surface area contributed by atoms with Crippen molar-refractivity contribution < 1.29 is 65.3 Å². The zero-order chi connectivity index (χ0) is 15.6. The molecule has 1 N–H and O–H groups in total. The van der Waals surface area contributed by atoms with Crippen LogP contribution < -0.4 is 34.9 Å². The van der Waals surface area contributed by atoms with Crippen LogP contribution >= 0.6 is 0 Å². The van der Waals surface area contributed by atoms with Gasteiger partial charge < -0.3 is 27.9 Å². The Kier molecular flexibility index (Phi) is 13.2. The van der Waals surface area contributed by atoms with Gasteiger partial charge in [0.05, 0.1) is 15.9 Å². The quantitative estimate of drug-likeness (QED) is 0.244. The van der Waals surface area contributed by atoms with Crippen LogP contribution in [0.3, 0.4) is 0 Å². The zero-order valence-corrected chi connectivity index (χ0v) is 16.5. The molecule has 0 aromatic heterocycles. The van der Waals surface area contributed by atoms with E-state index in [1.807, 2.05) is 0 Å². The molecule has 0 saturated carbocycles. The Balaban J connectivity index is 0. The fraction of sp³-hybridized carbons (Fsp3) is 0.889. The monoisotopic (exact) mass is 353 g/mol. The molecule has 0 rings (SSSR count). The summed E-state index contributed by atoms with van der Waals surface area (Å²) in [6, 6.07) is 0.506. The first-order valence-corrected chi connectivity index (χ1v) is 9.29. The molecule has 0 spiro atoms. The van der Waals surface area contributed by atoms with Gasteiger partial charge in [-0.3, -0.25) is 0 Å². The normalized spacial score (nSPS) is 11.6. The number of amides is 1. The second-order valence-corrected chi connectivity index (χ2v) is 8.34. The molecule has 0 unspecified atom stereocenters. The van der Waals surface area contributed by atoms with Crippen molar-refractivity contribution in [3.05, 3.63) is 0 Å². The molecule has 0 aliphatic carbocycles. The van der Waals surface area contributed by atoms with Crippen molar-refractivity contribution >= 4 is 25.0 Å². The van der Waals surface area contributed by atoms with E-state index in [4.69, 9.17) is 13.3 Å². The van der Waals surface area contributed by atoms with Gasteiger partial charge in [-0.2, -0.15) is 0 Å². The second kappa shape index (κ2) is 11.8. The molecular weight excluding hydrogens is 333 g/mol. The summed E-state index contributed by atoms with van der Waals surface area (Å²) in [6.07, 6.45) is -0.246. The minimum atomic E-state index is -4.37. The van der Waals surface area contributed by atoms with Crippen molar-refractivity contribution in [2.75, 3.05) is 40.2 Å². The first-order chi connectivity index (χ1) is 9.28. The van der Waals surface area contributed by atoms with Gasteiger partial charge in [0.1, 0.15) is 6.61 Å². The molecule has 0 radical (unpaired) electrons. The van der Waals surface area contributed by atoms with Crippen molar-refractivity contribution in [2.24, 2.45) is 0 Å². The fourth-order valence-electron chi connectivity index (χ4n) is 1.34. The van der Waals surface area contributed by atoms with Crippen LogP contribution in [0.4, 0.5) is 4.79 Å². The largest absolute Gasteiger partial charge is 1.00 e. The Labute approximate surface area is 148 Å². The van der Waals surface area contributed by atoms with E-state index in [1.165, 1.54) is 21.3 Å². The summed E-state index contributed by atoms with van der Waals surface area (Å²) in [5.41, 5.74) is 0. The summed E-state index contributed by atoms with van der Waals surface area (Å²) in [6.45, 7) is -0.182. The summed E-state index contributed by atoms with van der Waals surface area (Å²) in [5, 5.41) is 2.41. The molecular formula is C9H20NNaO8SSi. The van der Waals surface area contributed by atoms with Gasteiger partial charge in [-0.25, -0.2) is 13.2 Å². The Morgan fingerprint density at radius 1 is 1.19 bits per heavy atom. The van der Waals surface area contributed by atoms with Crippen LogP contribution in [0.1, 0.15) is 6.42 Å². The van der Waals surface area contributed by atoms with E-state index in [9.17, 15) is 17.8 Å². The van der Waals surface area contributed by atoms with Crippen LogP contribution in [0.2, 0.25) is 6.04 Å². The SMILES string of the molecule is CO[Si](CCCNC(=O)OCCS(=O)(=O)[O-])(OC)OC.[Na+]. The Hall–Kier alpha value is 0.277. The van der Waals surface area contributed by atoms with E-state index in [1.54, 1.807) is 0 Å². The van der Waals surface area contributed by atoms with E-state index in [2.05, 4.69) is 10.1 Å². The van der Waals surface area contributed by atoms with Crippen molar-refractivity contribution in [3.63, 3.8) is 0 Å². The zero-order valence-electron chi connectivity index (χ0n) is 12.7. The van der Waals surface area contributed by atoms with E-state index in [-0.39, 0.29) is 36.1 Å². The third-order valence-electron chi connectivity index (χ3n) is 2.43. The van der Waals surface area contributed by atoms with Gasteiger partial charge in [0.2, 0.25) is 0 Å². The summed E-state index contributed by atoms with van der Waals surface area (Å²) >= 11 is 0. The standard InChI is InChI=1S/C9H21NO8SSi.Na/c1-15-20(16-2,17-3)8-4-5-10-9(11)18-6-7-19(12,13)14;/h4-8H2,1-3H3,(H,10,11)(H,12,13,14);/q;+1/p-1. The number of carbonyl (C=O) groups is 1. The smallest absolute Gasteiger partial charge is 0.748 e. The molecule has 21 heavy (non-hydrogen) atoms. The third-order valence-corrected chi connectivity index (χ3v) is 5.93. The minimum absolute atomic E-state index is 0. The number of hydrogen-bond donors (Lipinski definition) is 1. The maximum absolute atomic E-state index is 11.1. The Morgan fingerprint density at radius 3 is 2.14 bits per heavy atom. The molecule has 0 heterocycles. The van der Waals surface area contributed by atoms with Crippen molar-refractivity contribution in [1.29, 1.82) is 0 Å². The Bertz CT molecular complexity index is 381. The Morgan fingerprint density at radius 2 is 1.71 bits per heavy atom. The maximum atomic E-state index is 11.1. The van der Waals surface area contributed by atoms with Gasteiger partial charge in [-0.05, 0) is 6.42 Å². The van der Waals surface area contributed by atoms with E-state index >= 15 is 0 Å². The average molecular weight is 353 g/mol. The van der Waals surface area contributed by atoms with Crippen molar-refractivity contribution in [2.45, 2.75) is 12.5 Å². The fourth-order valence-corrected chi connectivity index (χ4v) is 3.35. The molecule has 0 aliphatic rings. The number of nitrogens with one attached hydrogen (secondary N) is 1. The average Bonchev–Trinajstić information content (AvgIpc) is 2.38. The summed E-state index contributed by atoms with van der Waals surface area (Å²) in [5.74, 6) is -0.743. The molecule has 0 bridgehead atoms. The molecule has 0 fully saturated rings. The molecule has 0 aromatic carbocycles. The van der Waals surface area contributed by atoms with Gasteiger partial charge >= 0.3 is 44.5 Å². The van der Waals surface area contributed by atoms with E-state index in [0.717, 1.165) is 0 Å². The first kappa shape index (κ1) is 23.5. The van der Waals surface area contributed by atoms with Crippen molar-refractivity contribution in [1.82, 2.24) is 5.32 Å². The molecule has 12 heteroatoms. The topological polar surface area (TPSA) is 123 Å². The van der Waals surface area contributed by atoms with E-state index < -0.39 is 37.4 Å². The first-order valence-electron chi connectivity index (χ1n) is 5.78. The summed E-state index contributed by atoms with van der Waals surface area (Å²) in [7, 11) is -2.55. The number of alkyl carbamates (subject to hydrolysis) is 1.